The predicted molar refractivity (Wildman–Crippen MR) is 94.1 cm³/mol. The second-order valence-corrected chi connectivity index (χ2v) is 6.45. The molecule has 5 N–H and O–H groups in total. The van der Waals surface area contributed by atoms with Gasteiger partial charge in [0.25, 0.3) is 17.6 Å². The van der Waals surface area contributed by atoms with E-state index in [9.17, 15) is 24.3 Å². The van der Waals surface area contributed by atoms with Crippen LogP contribution in [0.25, 0.3) is 0 Å². The summed E-state index contributed by atoms with van der Waals surface area (Å²) in [7, 11) is 0. The minimum Gasteiger partial charge on any atom is -0.483 e. The summed E-state index contributed by atoms with van der Waals surface area (Å²) >= 11 is 0. The first-order valence-corrected chi connectivity index (χ1v) is 8.32. The normalized spacial score (nSPS) is 19.0. The molecule has 1 aliphatic rings. The van der Waals surface area contributed by atoms with E-state index < -0.39 is 29.2 Å². The molecule has 1 aromatic heterocycles. The van der Waals surface area contributed by atoms with E-state index >= 15 is 0 Å². The standard InChI is InChI=1S/C15H22N4O5.CH2O2/c1-8(2)15(24)19-6-10(5-11(20)7-19)16-12(21)3-9-4-13(22)17-18-14(9)23;2-1-3/h4,8,10-11,20H,3,5-7H2,1-2H3,(H,16,21)(H,17,22)(H,18,23);1H,(H,2,3)/t10-,11+;/m0./s1. The number of hydrogen-bond donors (Lipinski definition) is 5. The third-order valence-corrected chi connectivity index (χ3v) is 3.85. The monoisotopic (exact) mass is 384 g/mol. The highest BCUT2D eigenvalue weighted by Crippen LogP contribution is 2.14. The highest BCUT2D eigenvalue weighted by atomic mass is 16.3. The molecule has 0 unspecified atom stereocenters. The molecule has 0 saturated carbocycles. The molecule has 1 aliphatic heterocycles. The van der Waals surface area contributed by atoms with Crippen LogP contribution in [0.1, 0.15) is 25.8 Å². The minimum atomic E-state index is -0.713. The van der Waals surface area contributed by atoms with E-state index in [0.29, 0.717) is 13.0 Å². The smallest absolute Gasteiger partial charge is 0.290 e. The number of carbonyl (C=O) groups excluding carboxylic acids is 2. The van der Waals surface area contributed by atoms with E-state index in [2.05, 4.69) is 15.5 Å². The van der Waals surface area contributed by atoms with Crippen LogP contribution >= 0.6 is 0 Å². The van der Waals surface area contributed by atoms with Gasteiger partial charge in [-0.15, -0.1) is 0 Å². The number of rotatable bonds is 4. The summed E-state index contributed by atoms with van der Waals surface area (Å²) in [6, 6.07) is 0.674. The SMILES string of the molecule is CC(C)C(=O)N1C[C@H](O)C[C@H](NC(=O)Cc2cc(=O)[nH][nH]c2=O)C1.O=CO. The van der Waals surface area contributed by atoms with Crippen molar-refractivity contribution >= 4 is 18.3 Å². The maximum absolute atomic E-state index is 12.1. The lowest BCUT2D eigenvalue weighted by Gasteiger charge is -2.36. The van der Waals surface area contributed by atoms with Gasteiger partial charge in [-0.05, 0) is 6.42 Å². The molecule has 0 spiro atoms. The number of aromatic amines is 2. The average Bonchev–Trinajstić information content (AvgIpc) is 2.57. The molecule has 11 heteroatoms. The van der Waals surface area contributed by atoms with Crippen molar-refractivity contribution < 1.29 is 24.6 Å². The van der Waals surface area contributed by atoms with Gasteiger partial charge in [0, 0.05) is 36.7 Å². The molecule has 2 atom stereocenters. The molecule has 2 amide bonds. The molecule has 11 nitrogen and oxygen atoms in total. The Bertz CT molecular complexity index is 771. The molecule has 2 rings (SSSR count). The molecule has 27 heavy (non-hydrogen) atoms. The summed E-state index contributed by atoms with van der Waals surface area (Å²) in [4.78, 5) is 56.8. The van der Waals surface area contributed by atoms with Crippen LogP contribution in [-0.4, -0.2) is 68.8 Å². The molecular formula is C16H24N4O7. The number of aliphatic hydroxyl groups is 1. The van der Waals surface area contributed by atoms with Crippen LogP contribution in [0.2, 0.25) is 0 Å². The summed E-state index contributed by atoms with van der Waals surface area (Å²) in [6.07, 6.45) is -0.627. The van der Waals surface area contributed by atoms with Crippen molar-refractivity contribution in [2.75, 3.05) is 13.1 Å². The molecule has 1 aromatic rings. The number of amides is 2. The Labute approximate surface area is 154 Å². The third kappa shape index (κ3) is 7.05. The van der Waals surface area contributed by atoms with E-state index in [4.69, 9.17) is 9.90 Å². The number of carboxylic acid groups (broad SMARTS) is 1. The largest absolute Gasteiger partial charge is 0.483 e. The Hall–Kier alpha value is -2.95. The Balaban J connectivity index is 0.00000114. The highest BCUT2D eigenvalue weighted by Gasteiger charge is 2.30. The zero-order valence-corrected chi connectivity index (χ0v) is 15.1. The summed E-state index contributed by atoms with van der Waals surface area (Å²) in [5.74, 6) is -0.720. The number of β-amino-alcohol motifs (C(OH)–C–C–N with tert-alkyl or cyclic N) is 1. The van der Waals surface area contributed by atoms with E-state index in [1.165, 1.54) is 4.90 Å². The fourth-order valence-corrected chi connectivity index (χ4v) is 2.76. The van der Waals surface area contributed by atoms with Gasteiger partial charge in [-0.3, -0.25) is 34.2 Å². The number of carbonyl (C=O) groups is 3. The third-order valence-electron chi connectivity index (χ3n) is 3.85. The van der Waals surface area contributed by atoms with Gasteiger partial charge in [0.2, 0.25) is 11.8 Å². The van der Waals surface area contributed by atoms with Crippen molar-refractivity contribution in [1.29, 1.82) is 0 Å². The molecule has 0 radical (unpaired) electrons. The summed E-state index contributed by atoms with van der Waals surface area (Å²) < 4.78 is 0. The van der Waals surface area contributed by atoms with E-state index in [1.54, 1.807) is 13.8 Å². The van der Waals surface area contributed by atoms with Gasteiger partial charge < -0.3 is 20.4 Å². The summed E-state index contributed by atoms with van der Waals surface area (Å²) in [6.45, 7) is 3.86. The predicted octanol–water partition coefficient (Wildman–Crippen LogP) is -1.96. The van der Waals surface area contributed by atoms with Crippen LogP contribution in [0.3, 0.4) is 0 Å². The summed E-state index contributed by atoms with van der Waals surface area (Å²) in [5, 5.41) is 23.8. The van der Waals surface area contributed by atoms with Crippen LogP contribution in [0.5, 0.6) is 0 Å². The van der Waals surface area contributed by atoms with Crippen LogP contribution in [0, 0.1) is 5.92 Å². The number of H-pyrrole nitrogens is 2. The second kappa shape index (κ2) is 10.3. The van der Waals surface area contributed by atoms with Crippen molar-refractivity contribution in [1.82, 2.24) is 20.4 Å². The van der Waals surface area contributed by atoms with Crippen molar-refractivity contribution in [3.8, 4) is 0 Å². The lowest BCUT2D eigenvalue weighted by Crippen LogP contribution is -2.55. The van der Waals surface area contributed by atoms with Gasteiger partial charge >= 0.3 is 0 Å². The van der Waals surface area contributed by atoms with Crippen LogP contribution in [0.15, 0.2) is 15.7 Å². The quantitative estimate of drug-likeness (QED) is 0.375. The Morgan fingerprint density at radius 2 is 1.96 bits per heavy atom. The van der Waals surface area contributed by atoms with Crippen molar-refractivity contribution in [3.63, 3.8) is 0 Å². The number of likely N-dealkylation sites (tertiary alicyclic amines) is 1. The van der Waals surface area contributed by atoms with E-state index in [1.807, 2.05) is 0 Å². The van der Waals surface area contributed by atoms with Crippen LogP contribution < -0.4 is 16.4 Å². The zero-order valence-electron chi connectivity index (χ0n) is 15.1. The number of hydrogen-bond acceptors (Lipinski definition) is 6. The number of piperidine rings is 1. The zero-order chi connectivity index (χ0) is 20.6. The van der Waals surface area contributed by atoms with Gasteiger partial charge in [0.15, 0.2) is 0 Å². The van der Waals surface area contributed by atoms with Gasteiger partial charge in [-0.2, -0.15) is 0 Å². The second-order valence-electron chi connectivity index (χ2n) is 6.45. The first-order valence-electron chi connectivity index (χ1n) is 8.32. The van der Waals surface area contributed by atoms with Crippen LogP contribution in [0.4, 0.5) is 0 Å². The van der Waals surface area contributed by atoms with Gasteiger partial charge in [-0.25, -0.2) is 0 Å². The van der Waals surface area contributed by atoms with Crippen molar-refractivity contribution in [3.05, 3.63) is 32.3 Å². The Morgan fingerprint density at radius 3 is 2.56 bits per heavy atom. The van der Waals surface area contributed by atoms with Crippen LogP contribution in [-0.2, 0) is 20.8 Å². The van der Waals surface area contributed by atoms with E-state index in [-0.39, 0.29) is 36.8 Å². The molecule has 0 bridgehead atoms. The maximum Gasteiger partial charge on any atom is 0.290 e. The lowest BCUT2D eigenvalue weighted by molar-refractivity contribution is -0.139. The summed E-state index contributed by atoms with van der Waals surface area (Å²) in [5.41, 5.74) is -0.980. The molecule has 0 aromatic carbocycles. The van der Waals surface area contributed by atoms with Gasteiger partial charge in [-0.1, -0.05) is 13.8 Å². The first-order chi connectivity index (χ1) is 12.7. The number of aliphatic hydroxyl groups excluding tert-OH is 1. The first kappa shape index (κ1) is 22.1. The number of aromatic nitrogens is 2. The topological polar surface area (TPSA) is 173 Å². The maximum atomic E-state index is 12.1. The Morgan fingerprint density at radius 1 is 1.33 bits per heavy atom. The van der Waals surface area contributed by atoms with Gasteiger partial charge in [0.1, 0.15) is 0 Å². The minimum absolute atomic E-state index is 0.0581. The lowest BCUT2D eigenvalue weighted by atomic mass is 10.0. The molecular weight excluding hydrogens is 360 g/mol. The van der Waals surface area contributed by atoms with Crippen molar-refractivity contribution in [2.24, 2.45) is 5.92 Å². The average molecular weight is 384 g/mol. The van der Waals surface area contributed by atoms with Gasteiger partial charge in [0.05, 0.1) is 12.5 Å². The molecule has 1 saturated heterocycles. The van der Waals surface area contributed by atoms with Crippen molar-refractivity contribution in [2.45, 2.75) is 38.8 Å². The van der Waals surface area contributed by atoms with E-state index in [0.717, 1.165) is 6.07 Å². The molecule has 150 valence electrons. The molecule has 2 heterocycles. The number of nitrogens with zero attached hydrogens (tertiary/aromatic N) is 1. The highest BCUT2D eigenvalue weighted by molar-refractivity contribution is 5.80. The molecule has 1 fully saturated rings. The molecule has 0 aliphatic carbocycles. The fourth-order valence-electron chi connectivity index (χ4n) is 2.76. The Kier molecular flexibility index (Phi) is 8.39. The fraction of sp³-hybridized carbons (Fsp3) is 0.562. The number of nitrogens with one attached hydrogen (secondary N) is 3.